The number of nitrogens with zero attached hydrogens (tertiary/aromatic N) is 1. The van der Waals surface area contributed by atoms with Crippen molar-refractivity contribution in [1.29, 1.82) is 0 Å². The van der Waals surface area contributed by atoms with Gasteiger partial charge in [0, 0.05) is 19.6 Å². The molecule has 1 aliphatic heterocycles. The monoisotopic (exact) mass is 361 g/mol. The summed E-state index contributed by atoms with van der Waals surface area (Å²) < 4.78 is 17.1. The first-order valence-electron chi connectivity index (χ1n) is 9.64. The minimum atomic E-state index is -0.473. The lowest BCUT2D eigenvalue weighted by molar-refractivity contribution is -0.0415. The molecule has 0 radical (unpaired) electrons. The quantitative estimate of drug-likeness (QED) is 0.773. The Morgan fingerprint density at radius 1 is 1.27 bits per heavy atom. The second-order valence-corrected chi connectivity index (χ2v) is 8.40. The van der Waals surface area contributed by atoms with E-state index in [0.717, 1.165) is 18.9 Å². The van der Waals surface area contributed by atoms with Crippen LogP contribution in [0.1, 0.15) is 44.7 Å². The molecule has 0 N–H and O–H groups in total. The van der Waals surface area contributed by atoms with Crippen LogP contribution in [0, 0.1) is 5.92 Å². The molecule has 1 aromatic carbocycles. The highest BCUT2D eigenvalue weighted by Gasteiger charge is 2.28. The molecule has 26 heavy (non-hydrogen) atoms. The summed E-state index contributed by atoms with van der Waals surface area (Å²) in [6, 6.07) is 8.47. The topological polar surface area (TPSA) is 48.0 Å². The van der Waals surface area contributed by atoms with Crippen LogP contribution in [-0.2, 0) is 27.2 Å². The molecule has 0 aromatic heterocycles. The molecule has 1 amide bonds. The summed E-state index contributed by atoms with van der Waals surface area (Å²) in [6.07, 6.45) is 3.16. The first-order chi connectivity index (χ1) is 12.4. The maximum absolute atomic E-state index is 12.3. The van der Waals surface area contributed by atoms with Crippen LogP contribution in [0.4, 0.5) is 4.79 Å². The lowest BCUT2D eigenvalue weighted by Crippen LogP contribution is -2.48. The van der Waals surface area contributed by atoms with Crippen molar-refractivity contribution in [2.24, 2.45) is 5.92 Å². The van der Waals surface area contributed by atoms with Gasteiger partial charge in [0.1, 0.15) is 5.60 Å². The maximum Gasteiger partial charge on any atom is 0.410 e. The average molecular weight is 361 g/mol. The Morgan fingerprint density at radius 2 is 2.04 bits per heavy atom. The van der Waals surface area contributed by atoms with Gasteiger partial charge in [0.25, 0.3) is 0 Å². The molecule has 1 saturated heterocycles. The molecule has 1 atom stereocenters. The molecule has 0 unspecified atom stereocenters. The Morgan fingerprint density at radius 3 is 2.77 bits per heavy atom. The Labute approximate surface area is 156 Å². The molecule has 0 bridgehead atoms. The number of carbonyl (C=O) groups is 1. The van der Waals surface area contributed by atoms with Crippen molar-refractivity contribution in [2.45, 2.75) is 58.3 Å². The normalized spacial score (nSPS) is 20.9. The second-order valence-electron chi connectivity index (χ2n) is 8.40. The van der Waals surface area contributed by atoms with E-state index in [-0.39, 0.29) is 12.2 Å². The van der Waals surface area contributed by atoms with Crippen LogP contribution in [-0.4, -0.2) is 49.0 Å². The van der Waals surface area contributed by atoms with Gasteiger partial charge in [-0.3, -0.25) is 0 Å². The molecule has 5 nitrogen and oxygen atoms in total. The van der Waals surface area contributed by atoms with E-state index in [1.807, 2.05) is 20.8 Å². The van der Waals surface area contributed by atoms with Crippen LogP contribution in [0.2, 0.25) is 0 Å². The zero-order valence-electron chi connectivity index (χ0n) is 16.2. The van der Waals surface area contributed by atoms with Crippen LogP contribution in [0.5, 0.6) is 0 Å². The van der Waals surface area contributed by atoms with Gasteiger partial charge in [-0.15, -0.1) is 0 Å². The van der Waals surface area contributed by atoms with Crippen LogP contribution in [0.15, 0.2) is 24.3 Å². The Hall–Kier alpha value is -1.59. The second kappa shape index (κ2) is 8.40. The zero-order chi connectivity index (χ0) is 18.6. The Balaban J connectivity index is 1.50. The molecule has 1 heterocycles. The van der Waals surface area contributed by atoms with Crippen LogP contribution in [0.25, 0.3) is 0 Å². The summed E-state index contributed by atoms with van der Waals surface area (Å²) in [5.41, 5.74) is 1.94. The van der Waals surface area contributed by atoms with Crippen molar-refractivity contribution in [3.05, 3.63) is 35.4 Å². The van der Waals surface area contributed by atoms with Crippen LogP contribution >= 0.6 is 0 Å². The van der Waals surface area contributed by atoms with Crippen molar-refractivity contribution in [1.82, 2.24) is 4.90 Å². The average Bonchev–Trinajstić information content (AvgIpc) is 3.38. The summed E-state index contributed by atoms with van der Waals surface area (Å²) in [5, 5.41) is 0. The fraction of sp³-hybridized carbons (Fsp3) is 0.667. The van der Waals surface area contributed by atoms with Gasteiger partial charge >= 0.3 is 6.09 Å². The van der Waals surface area contributed by atoms with Crippen LogP contribution in [0.3, 0.4) is 0 Å². The van der Waals surface area contributed by atoms with Crippen molar-refractivity contribution in [3.8, 4) is 0 Å². The SMILES string of the molecule is CC(C)(C)OC(=O)N1CCO[C@H](Cc2cccc(COCC3CC3)c2)C1. The third-order valence-corrected chi connectivity index (χ3v) is 4.56. The Kier molecular flexibility index (Phi) is 6.20. The predicted octanol–water partition coefficient (Wildman–Crippen LogP) is 3.79. The van der Waals surface area contributed by atoms with Gasteiger partial charge in [-0.05, 0) is 50.7 Å². The van der Waals surface area contributed by atoms with Crippen molar-refractivity contribution < 1.29 is 19.0 Å². The number of hydrogen-bond donors (Lipinski definition) is 0. The van der Waals surface area contributed by atoms with Crippen molar-refractivity contribution >= 4 is 6.09 Å². The summed E-state index contributed by atoms with van der Waals surface area (Å²) in [5.74, 6) is 0.785. The molecular formula is C21H31NO4. The van der Waals surface area contributed by atoms with E-state index >= 15 is 0 Å². The number of ether oxygens (including phenoxy) is 3. The number of amides is 1. The fourth-order valence-corrected chi connectivity index (χ4v) is 3.07. The highest BCUT2D eigenvalue weighted by molar-refractivity contribution is 5.68. The van der Waals surface area contributed by atoms with Gasteiger partial charge in [0.2, 0.25) is 0 Å². The Bertz CT molecular complexity index is 606. The molecule has 0 spiro atoms. The third kappa shape index (κ3) is 6.29. The third-order valence-electron chi connectivity index (χ3n) is 4.56. The highest BCUT2D eigenvalue weighted by atomic mass is 16.6. The van der Waals surface area contributed by atoms with Gasteiger partial charge in [-0.1, -0.05) is 24.3 Å². The van der Waals surface area contributed by atoms with Crippen LogP contribution < -0.4 is 0 Å². The van der Waals surface area contributed by atoms with Crippen molar-refractivity contribution in [2.75, 3.05) is 26.3 Å². The van der Waals surface area contributed by atoms with E-state index in [4.69, 9.17) is 14.2 Å². The highest BCUT2D eigenvalue weighted by Crippen LogP contribution is 2.29. The largest absolute Gasteiger partial charge is 0.444 e. The van der Waals surface area contributed by atoms with Gasteiger partial charge in [0.05, 0.1) is 25.9 Å². The van der Waals surface area contributed by atoms with E-state index in [0.29, 0.717) is 26.3 Å². The maximum atomic E-state index is 12.3. The van der Waals surface area contributed by atoms with Gasteiger partial charge in [0.15, 0.2) is 0 Å². The van der Waals surface area contributed by atoms with Gasteiger partial charge in [-0.2, -0.15) is 0 Å². The lowest BCUT2D eigenvalue weighted by atomic mass is 10.0. The van der Waals surface area contributed by atoms with Crippen molar-refractivity contribution in [3.63, 3.8) is 0 Å². The first kappa shape index (κ1) is 19.2. The molecule has 5 heteroatoms. The number of morpholine rings is 1. The smallest absolute Gasteiger partial charge is 0.410 e. The lowest BCUT2D eigenvalue weighted by Gasteiger charge is -2.34. The van der Waals surface area contributed by atoms with E-state index in [1.54, 1.807) is 4.90 Å². The van der Waals surface area contributed by atoms with E-state index in [1.165, 1.54) is 24.0 Å². The van der Waals surface area contributed by atoms with E-state index in [9.17, 15) is 4.79 Å². The van der Waals surface area contributed by atoms with Gasteiger partial charge < -0.3 is 19.1 Å². The first-order valence-corrected chi connectivity index (χ1v) is 9.64. The van der Waals surface area contributed by atoms with E-state index < -0.39 is 5.60 Å². The number of rotatable bonds is 6. The summed E-state index contributed by atoms with van der Waals surface area (Å²) in [6.45, 7) is 8.91. The number of hydrogen-bond acceptors (Lipinski definition) is 4. The summed E-state index contributed by atoms with van der Waals surface area (Å²) in [7, 11) is 0. The zero-order valence-corrected chi connectivity index (χ0v) is 16.2. The number of carbonyl (C=O) groups excluding carboxylic acids is 1. The molecule has 2 fully saturated rings. The number of benzene rings is 1. The molecule has 1 saturated carbocycles. The standard InChI is InChI=1S/C21H31NO4/c1-21(2,3)26-20(23)22-9-10-25-19(13-22)12-17-5-4-6-18(11-17)15-24-14-16-7-8-16/h4-6,11,16,19H,7-10,12-15H2,1-3H3/t19-/m1/s1. The molecular weight excluding hydrogens is 330 g/mol. The molecule has 2 aliphatic rings. The predicted molar refractivity (Wildman–Crippen MR) is 100 cm³/mol. The summed E-state index contributed by atoms with van der Waals surface area (Å²) in [4.78, 5) is 14.0. The molecule has 144 valence electrons. The van der Waals surface area contributed by atoms with Gasteiger partial charge in [-0.25, -0.2) is 4.79 Å². The fourth-order valence-electron chi connectivity index (χ4n) is 3.07. The minimum absolute atomic E-state index is 0.00102. The summed E-state index contributed by atoms with van der Waals surface area (Å²) >= 11 is 0. The van der Waals surface area contributed by atoms with E-state index in [2.05, 4.69) is 24.3 Å². The molecule has 1 aliphatic carbocycles. The molecule has 1 aromatic rings. The minimum Gasteiger partial charge on any atom is -0.444 e. The molecule has 3 rings (SSSR count).